The monoisotopic (exact) mass is 298 g/mol. The number of ether oxygens (including phenoxy) is 2. The van der Waals surface area contributed by atoms with Gasteiger partial charge in [0.05, 0.1) is 7.11 Å². The molecule has 0 aromatic heterocycles. The highest BCUT2D eigenvalue weighted by Crippen LogP contribution is 2.31. The number of urea groups is 1. The van der Waals surface area contributed by atoms with Gasteiger partial charge in [0.15, 0.2) is 11.5 Å². The van der Waals surface area contributed by atoms with Gasteiger partial charge in [-0.1, -0.05) is 12.1 Å². The Bertz CT molecular complexity index is 651. The number of carbonyl (C=O) groups is 1. The first-order valence-corrected chi connectivity index (χ1v) is 7.23. The molecule has 1 fully saturated rings. The SMILES string of the molecule is COc1ccccc1Oc1ccc(NC(=O)NC2CC2)cc1. The van der Waals surface area contributed by atoms with Crippen LogP contribution in [0.1, 0.15) is 12.8 Å². The minimum atomic E-state index is -0.166. The van der Waals surface area contributed by atoms with Crippen LogP contribution in [0.2, 0.25) is 0 Å². The number of anilines is 1. The van der Waals surface area contributed by atoms with Crippen molar-refractivity contribution in [2.24, 2.45) is 0 Å². The Hall–Kier alpha value is -2.69. The minimum absolute atomic E-state index is 0.166. The topological polar surface area (TPSA) is 59.6 Å². The van der Waals surface area contributed by atoms with Gasteiger partial charge in [-0.3, -0.25) is 0 Å². The Labute approximate surface area is 129 Å². The van der Waals surface area contributed by atoms with Crippen molar-refractivity contribution in [3.63, 3.8) is 0 Å². The lowest BCUT2D eigenvalue weighted by atomic mass is 10.3. The molecule has 5 nitrogen and oxygen atoms in total. The fraction of sp³-hybridized carbons (Fsp3) is 0.235. The smallest absolute Gasteiger partial charge is 0.319 e. The Morgan fingerprint density at radius 3 is 2.36 bits per heavy atom. The molecule has 0 radical (unpaired) electrons. The predicted molar refractivity (Wildman–Crippen MR) is 84.7 cm³/mol. The molecule has 1 saturated carbocycles. The van der Waals surface area contributed by atoms with E-state index in [-0.39, 0.29) is 6.03 Å². The van der Waals surface area contributed by atoms with Gasteiger partial charge >= 0.3 is 6.03 Å². The zero-order valence-corrected chi connectivity index (χ0v) is 12.3. The third kappa shape index (κ3) is 3.69. The van der Waals surface area contributed by atoms with Crippen molar-refractivity contribution in [1.29, 1.82) is 0 Å². The number of hydrogen-bond acceptors (Lipinski definition) is 3. The van der Waals surface area contributed by atoms with Crippen LogP contribution in [-0.4, -0.2) is 19.2 Å². The molecule has 22 heavy (non-hydrogen) atoms. The average molecular weight is 298 g/mol. The van der Waals surface area contributed by atoms with Gasteiger partial charge in [-0.25, -0.2) is 4.79 Å². The number of nitrogens with one attached hydrogen (secondary N) is 2. The first kappa shape index (κ1) is 14.3. The molecule has 114 valence electrons. The first-order chi connectivity index (χ1) is 10.7. The number of amides is 2. The Kier molecular flexibility index (Phi) is 4.14. The van der Waals surface area contributed by atoms with E-state index < -0.39 is 0 Å². The van der Waals surface area contributed by atoms with E-state index in [2.05, 4.69) is 10.6 Å². The lowest BCUT2D eigenvalue weighted by Gasteiger charge is -2.11. The summed E-state index contributed by atoms with van der Waals surface area (Å²) >= 11 is 0. The van der Waals surface area contributed by atoms with E-state index in [1.807, 2.05) is 24.3 Å². The summed E-state index contributed by atoms with van der Waals surface area (Å²) in [5.41, 5.74) is 0.727. The summed E-state index contributed by atoms with van der Waals surface area (Å²) in [4.78, 5) is 11.7. The van der Waals surface area contributed by atoms with Crippen LogP contribution in [0.5, 0.6) is 17.2 Å². The summed E-state index contributed by atoms with van der Waals surface area (Å²) in [6, 6.07) is 14.8. The van der Waals surface area contributed by atoms with E-state index in [1.165, 1.54) is 0 Å². The molecule has 2 N–H and O–H groups in total. The van der Waals surface area contributed by atoms with Gasteiger partial charge in [-0.15, -0.1) is 0 Å². The Morgan fingerprint density at radius 2 is 1.73 bits per heavy atom. The summed E-state index contributed by atoms with van der Waals surface area (Å²) in [6.45, 7) is 0. The summed E-state index contributed by atoms with van der Waals surface area (Å²) in [7, 11) is 1.60. The van der Waals surface area contributed by atoms with E-state index >= 15 is 0 Å². The molecule has 2 aromatic carbocycles. The number of benzene rings is 2. The molecule has 2 aromatic rings. The normalized spacial score (nSPS) is 13.3. The number of para-hydroxylation sites is 2. The third-order valence-electron chi connectivity index (χ3n) is 3.32. The van der Waals surface area contributed by atoms with Gasteiger partial charge in [-0.2, -0.15) is 0 Å². The molecule has 0 bridgehead atoms. The number of hydrogen-bond donors (Lipinski definition) is 2. The summed E-state index contributed by atoms with van der Waals surface area (Å²) < 4.78 is 11.0. The predicted octanol–water partition coefficient (Wildman–Crippen LogP) is 3.77. The van der Waals surface area contributed by atoms with Gasteiger partial charge in [-0.05, 0) is 49.2 Å². The molecule has 2 amide bonds. The maximum atomic E-state index is 11.7. The third-order valence-corrected chi connectivity index (χ3v) is 3.32. The zero-order chi connectivity index (χ0) is 15.4. The molecule has 5 heteroatoms. The van der Waals surface area contributed by atoms with Crippen molar-refractivity contribution in [2.75, 3.05) is 12.4 Å². The second-order valence-corrected chi connectivity index (χ2v) is 5.15. The van der Waals surface area contributed by atoms with Crippen LogP contribution in [0.4, 0.5) is 10.5 Å². The second-order valence-electron chi connectivity index (χ2n) is 5.15. The van der Waals surface area contributed by atoms with E-state index in [0.717, 1.165) is 18.5 Å². The standard InChI is InChI=1S/C17H18N2O3/c1-21-15-4-2-3-5-16(15)22-14-10-8-13(9-11-14)19-17(20)18-12-6-7-12/h2-5,8-12H,6-7H2,1H3,(H2,18,19,20). The van der Waals surface area contributed by atoms with Crippen LogP contribution in [0.3, 0.4) is 0 Å². The van der Waals surface area contributed by atoms with E-state index in [0.29, 0.717) is 23.3 Å². The number of methoxy groups -OCH3 is 1. The van der Waals surface area contributed by atoms with Crippen LogP contribution in [0, 0.1) is 0 Å². The number of carbonyl (C=O) groups excluding carboxylic acids is 1. The van der Waals surface area contributed by atoms with Gasteiger partial charge in [0.1, 0.15) is 5.75 Å². The molecule has 1 aliphatic carbocycles. The van der Waals surface area contributed by atoms with Crippen LogP contribution in [0.15, 0.2) is 48.5 Å². The van der Waals surface area contributed by atoms with Crippen molar-refractivity contribution in [3.8, 4) is 17.2 Å². The molecule has 0 atom stereocenters. The maximum Gasteiger partial charge on any atom is 0.319 e. The van der Waals surface area contributed by atoms with Crippen molar-refractivity contribution in [2.45, 2.75) is 18.9 Å². The van der Waals surface area contributed by atoms with Gasteiger partial charge in [0.25, 0.3) is 0 Å². The van der Waals surface area contributed by atoms with Crippen molar-refractivity contribution < 1.29 is 14.3 Å². The minimum Gasteiger partial charge on any atom is -0.493 e. The largest absolute Gasteiger partial charge is 0.493 e. The molecule has 1 aliphatic rings. The van der Waals surface area contributed by atoms with Crippen LogP contribution in [-0.2, 0) is 0 Å². The molecule has 3 rings (SSSR count). The molecule has 0 heterocycles. The average Bonchev–Trinajstić information content (AvgIpc) is 3.33. The fourth-order valence-corrected chi connectivity index (χ4v) is 2.02. The quantitative estimate of drug-likeness (QED) is 0.883. The fourth-order valence-electron chi connectivity index (χ4n) is 2.02. The van der Waals surface area contributed by atoms with Crippen LogP contribution < -0.4 is 20.1 Å². The Balaban J connectivity index is 1.62. The van der Waals surface area contributed by atoms with Gasteiger partial charge in [0, 0.05) is 11.7 Å². The van der Waals surface area contributed by atoms with E-state index in [9.17, 15) is 4.79 Å². The highest BCUT2D eigenvalue weighted by atomic mass is 16.5. The van der Waals surface area contributed by atoms with Crippen molar-refractivity contribution in [3.05, 3.63) is 48.5 Å². The molecular formula is C17H18N2O3. The van der Waals surface area contributed by atoms with Crippen molar-refractivity contribution in [1.82, 2.24) is 5.32 Å². The molecular weight excluding hydrogens is 280 g/mol. The lowest BCUT2D eigenvalue weighted by Crippen LogP contribution is -2.30. The second kappa shape index (κ2) is 6.39. The lowest BCUT2D eigenvalue weighted by molar-refractivity contribution is 0.251. The molecule has 0 unspecified atom stereocenters. The summed E-state index contributed by atoms with van der Waals surface area (Å²) in [5.74, 6) is 2.00. The van der Waals surface area contributed by atoms with Gasteiger partial charge < -0.3 is 20.1 Å². The van der Waals surface area contributed by atoms with Crippen molar-refractivity contribution >= 4 is 11.7 Å². The van der Waals surface area contributed by atoms with E-state index in [4.69, 9.17) is 9.47 Å². The van der Waals surface area contributed by atoms with Crippen LogP contribution >= 0.6 is 0 Å². The Morgan fingerprint density at radius 1 is 1.05 bits per heavy atom. The zero-order valence-electron chi connectivity index (χ0n) is 12.3. The molecule has 0 spiro atoms. The highest BCUT2D eigenvalue weighted by Gasteiger charge is 2.23. The summed E-state index contributed by atoms with van der Waals surface area (Å²) in [5, 5.41) is 5.67. The maximum absolute atomic E-state index is 11.7. The molecule has 0 aliphatic heterocycles. The first-order valence-electron chi connectivity index (χ1n) is 7.23. The highest BCUT2D eigenvalue weighted by molar-refractivity contribution is 5.89. The van der Waals surface area contributed by atoms with Gasteiger partial charge in [0.2, 0.25) is 0 Å². The van der Waals surface area contributed by atoms with E-state index in [1.54, 1.807) is 31.4 Å². The number of rotatable bonds is 5. The molecule has 0 saturated heterocycles. The van der Waals surface area contributed by atoms with Crippen LogP contribution in [0.25, 0.3) is 0 Å². The summed E-state index contributed by atoms with van der Waals surface area (Å²) in [6.07, 6.45) is 2.14.